The molecule has 0 saturated carbocycles. The maximum Gasteiger partial charge on any atom is 0.269 e. The number of sulfonamides is 1. The molecule has 0 aliphatic rings. The fourth-order valence-corrected chi connectivity index (χ4v) is 3.32. The lowest BCUT2D eigenvalue weighted by molar-refractivity contribution is -0.384. The summed E-state index contributed by atoms with van der Waals surface area (Å²) in [7, 11) is -2.27. The third-order valence-corrected chi connectivity index (χ3v) is 5.19. The lowest BCUT2D eigenvalue weighted by Crippen LogP contribution is -2.26. The summed E-state index contributed by atoms with van der Waals surface area (Å²) >= 11 is 0. The van der Waals surface area contributed by atoms with Crippen molar-refractivity contribution >= 4 is 15.7 Å². The molecule has 2 aromatic rings. The minimum Gasteiger partial charge on any atom is -0.494 e. The monoisotopic (exact) mass is 350 g/mol. The summed E-state index contributed by atoms with van der Waals surface area (Å²) < 4.78 is 31.7. The van der Waals surface area contributed by atoms with Crippen LogP contribution in [0.2, 0.25) is 0 Å². The third kappa shape index (κ3) is 4.09. The van der Waals surface area contributed by atoms with Gasteiger partial charge in [-0.25, -0.2) is 8.42 Å². The van der Waals surface area contributed by atoms with E-state index in [-0.39, 0.29) is 17.1 Å². The molecule has 0 heterocycles. The van der Waals surface area contributed by atoms with Gasteiger partial charge in [-0.1, -0.05) is 12.1 Å². The first-order valence-corrected chi connectivity index (χ1v) is 8.71. The van der Waals surface area contributed by atoms with Crippen molar-refractivity contribution in [2.45, 2.75) is 18.4 Å². The summed E-state index contributed by atoms with van der Waals surface area (Å²) in [5, 5.41) is 10.7. The Morgan fingerprint density at radius 1 is 1.17 bits per heavy atom. The molecule has 0 saturated heterocycles. The van der Waals surface area contributed by atoms with Gasteiger partial charge in [-0.2, -0.15) is 4.31 Å². The number of nitrogens with zero attached hydrogens (tertiary/aromatic N) is 2. The van der Waals surface area contributed by atoms with Crippen molar-refractivity contribution in [2.75, 3.05) is 13.7 Å². The van der Waals surface area contributed by atoms with Crippen molar-refractivity contribution in [1.82, 2.24) is 4.31 Å². The summed E-state index contributed by atoms with van der Waals surface area (Å²) in [5.74, 6) is 0.677. The molecule has 0 fully saturated rings. The smallest absolute Gasteiger partial charge is 0.269 e. The molecule has 0 amide bonds. The van der Waals surface area contributed by atoms with E-state index in [2.05, 4.69) is 0 Å². The van der Waals surface area contributed by atoms with Crippen molar-refractivity contribution in [1.29, 1.82) is 0 Å². The molecule has 2 aromatic carbocycles. The van der Waals surface area contributed by atoms with Gasteiger partial charge in [-0.05, 0) is 36.8 Å². The minimum atomic E-state index is -3.73. The maximum absolute atomic E-state index is 12.6. The topological polar surface area (TPSA) is 89.8 Å². The SMILES string of the molecule is CCOc1cccc(CN(C)S(=O)(=O)c2ccc([N+](=O)[O-])cc2)c1. The van der Waals surface area contributed by atoms with Crippen molar-refractivity contribution < 1.29 is 18.1 Å². The molecule has 0 spiro atoms. The normalized spacial score (nSPS) is 11.5. The van der Waals surface area contributed by atoms with E-state index in [0.717, 1.165) is 5.56 Å². The number of nitro benzene ring substituents is 1. The molecular weight excluding hydrogens is 332 g/mol. The first-order chi connectivity index (χ1) is 11.3. The van der Waals surface area contributed by atoms with E-state index >= 15 is 0 Å². The average Bonchev–Trinajstić information content (AvgIpc) is 2.55. The van der Waals surface area contributed by atoms with Crippen LogP contribution in [0.1, 0.15) is 12.5 Å². The molecule has 0 radical (unpaired) electrons. The first kappa shape index (κ1) is 17.9. The zero-order valence-electron chi connectivity index (χ0n) is 13.4. The van der Waals surface area contributed by atoms with Gasteiger partial charge in [-0.3, -0.25) is 10.1 Å². The first-order valence-electron chi connectivity index (χ1n) is 7.27. The number of hydrogen-bond donors (Lipinski definition) is 0. The second-order valence-corrected chi connectivity index (χ2v) is 7.14. The van der Waals surface area contributed by atoms with Crippen LogP contribution in [0.5, 0.6) is 5.75 Å². The largest absolute Gasteiger partial charge is 0.494 e. The summed E-state index contributed by atoms with van der Waals surface area (Å²) in [4.78, 5) is 10.1. The Morgan fingerprint density at radius 2 is 1.83 bits per heavy atom. The van der Waals surface area contributed by atoms with Gasteiger partial charge < -0.3 is 4.74 Å². The van der Waals surface area contributed by atoms with Crippen LogP contribution in [0.15, 0.2) is 53.4 Å². The third-order valence-electron chi connectivity index (χ3n) is 3.37. The molecule has 7 nitrogen and oxygen atoms in total. The summed E-state index contributed by atoms with van der Waals surface area (Å²) in [6, 6.07) is 12.0. The molecule has 8 heteroatoms. The lowest BCUT2D eigenvalue weighted by atomic mass is 10.2. The molecule has 0 aromatic heterocycles. The number of nitro groups is 1. The Morgan fingerprint density at radius 3 is 2.42 bits per heavy atom. The van der Waals surface area contributed by atoms with E-state index in [1.807, 2.05) is 13.0 Å². The van der Waals surface area contributed by atoms with Gasteiger partial charge in [-0.15, -0.1) is 0 Å². The van der Waals surface area contributed by atoms with E-state index < -0.39 is 14.9 Å². The van der Waals surface area contributed by atoms with Crippen LogP contribution < -0.4 is 4.74 Å². The predicted molar refractivity (Wildman–Crippen MR) is 89.4 cm³/mol. The van der Waals surface area contributed by atoms with Crippen LogP contribution in [0.4, 0.5) is 5.69 Å². The standard InChI is InChI=1S/C16H18N2O5S/c1-3-23-15-6-4-5-13(11-15)12-17(2)24(21,22)16-9-7-14(8-10-16)18(19)20/h4-11H,3,12H2,1-2H3. The lowest BCUT2D eigenvalue weighted by Gasteiger charge is -2.17. The van der Waals surface area contributed by atoms with Crippen LogP contribution >= 0.6 is 0 Å². The van der Waals surface area contributed by atoms with Gasteiger partial charge in [0.05, 0.1) is 16.4 Å². The molecule has 0 bridgehead atoms. The Labute approximate surface area is 140 Å². The molecule has 24 heavy (non-hydrogen) atoms. The predicted octanol–water partition coefficient (Wildman–Crippen LogP) is 2.81. The van der Waals surface area contributed by atoms with E-state index in [9.17, 15) is 18.5 Å². The van der Waals surface area contributed by atoms with Gasteiger partial charge in [0.2, 0.25) is 10.0 Å². The Balaban J connectivity index is 2.19. The Kier molecular flexibility index (Phi) is 5.53. The molecular formula is C16H18N2O5S. The van der Waals surface area contributed by atoms with E-state index in [1.165, 1.54) is 35.6 Å². The molecule has 0 unspecified atom stereocenters. The van der Waals surface area contributed by atoms with Gasteiger partial charge in [0.1, 0.15) is 5.75 Å². The number of rotatable bonds is 7. The second kappa shape index (κ2) is 7.41. The molecule has 128 valence electrons. The van der Waals surface area contributed by atoms with Crippen molar-refractivity contribution in [3.05, 3.63) is 64.2 Å². The van der Waals surface area contributed by atoms with Gasteiger partial charge in [0.15, 0.2) is 0 Å². The van der Waals surface area contributed by atoms with Crippen molar-refractivity contribution in [3.63, 3.8) is 0 Å². The van der Waals surface area contributed by atoms with Crippen LogP contribution in [0, 0.1) is 10.1 Å². The second-order valence-electron chi connectivity index (χ2n) is 5.09. The van der Waals surface area contributed by atoms with Gasteiger partial charge in [0, 0.05) is 25.7 Å². The minimum absolute atomic E-state index is 0.0107. The zero-order valence-corrected chi connectivity index (χ0v) is 14.2. The van der Waals surface area contributed by atoms with Crippen LogP contribution in [0.25, 0.3) is 0 Å². The number of non-ortho nitro benzene ring substituents is 1. The fraction of sp³-hybridized carbons (Fsp3) is 0.250. The highest BCUT2D eigenvalue weighted by atomic mass is 32.2. The number of ether oxygens (including phenoxy) is 1. The average molecular weight is 350 g/mol. The number of hydrogen-bond acceptors (Lipinski definition) is 5. The Hall–Kier alpha value is -2.45. The van der Waals surface area contributed by atoms with Crippen LogP contribution in [-0.4, -0.2) is 31.3 Å². The molecule has 0 aliphatic carbocycles. The zero-order chi connectivity index (χ0) is 17.7. The van der Waals surface area contributed by atoms with Gasteiger partial charge >= 0.3 is 0 Å². The van der Waals surface area contributed by atoms with Crippen LogP contribution in [0.3, 0.4) is 0 Å². The van der Waals surface area contributed by atoms with E-state index in [4.69, 9.17) is 4.74 Å². The molecule has 2 rings (SSSR count). The van der Waals surface area contributed by atoms with Crippen LogP contribution in [-0.2, 0) is 16.6 Å². The van der Waals surface area contributed by atoms with E-state index in [0.29, 0.717) is 12.4 Å². The number of benzene rings is 2. The maximum atomic E-state index is 12.6. The van der Waals surface area contributed by atoms with Crippen molar-refractivity contribution in [2.24, 2.45) is 0 Å². The highest BCUT2D eigenvalue weighted by Gasteiger charge is 2.22. The molecule has 0 atom stereocenters. The van der Waals surface area contributed by atoms with Gasteiger partial charge in [0.25, 0.3) is 5.69 Å². The highest BCUT2D eigenvalue weighted by Crippen LogP contribution is 2.21. The fourth-order valence-electron chi connectivity index (χ4n) is 2.16. The molecule has 0 N–H and O–H groups in total. The quantitative estimate of drug-likeness (QED) is 0.566. The molecule has 0 aliphatic heterocycles. The van der Waals surface area contributed by atoms with E-state index in [1.54, 1.807) is 18.2 Å². The summed E-state index contributed by atoms with van der Waals surface area (Å²) in [6.45, 7) is 2.57. The summed E-state index contributed by atoms with van der Waals surface area (Å²) in [5.41, 5.74) is 0.634. The highest BCUT2D eigenvalue weighted by molar-refractivity contribution is 7.89. The Bertz CT molecular complexity index is 819. The van der Waals surface area contributed by atoms with Crippen molar-refractivity contribution in [3.8, 4) is 5.75 Å². The summed E-state index contributed by atoms with van der Waals surface area (Å²) in [6.07, 6.45) is 0.